The lowest BCUT2D eigenvalue weighted by Crippen LogP contribution is -2.50. The van der Waals surface area contributed by atoms with E-state index in [-0.39, 0.29) is 17.4 Å². The van der Waals surface area contributed by atoms with Gasteiger partial charge in [0.2, 0.25) is 0 Å². The fourth-order valence-corrected chi connectivity index (χ4v) is 4.93. The predicted molar refractivity (Wildman–Crippen MR) is 136 cm³/mol. The Labute approximate surface area is 206 Å². The first kappa shape index (κ1) is 24.4. The third-order valence-corrected chi connectivity index (χ3v) is 7.23. The highest BCUT2D eigenvalue weighted by Crippen LogP contribution is 2.22. The van der Waals surface area contributed by atoms with Crippen molar-refractivity contribution in [2.75, 3.05) is 49.5 Å². The number of sulfonamides is 1. The standard InChI is InChI=1S/C26H29N3O5S/c1-20-4-3-5-21(18-20)27-35(31,32)25-12-10-24(11-13-25)34-19-26(30)29-16-14-28(15-17-29)22-6-8-23(33-2)9-7-22/h3-13,18,27H,14-17,19H2,1-2H3. The fraction of sp³-hybridized carbons (Fsp3) is 0.269. The molecule has 4 rings (SSSR count). The smallest absolute Gasteiger partial charge is 0.261 e. The molecule has 1 saturated heterocycles. The summed E-state index contributed by atoms with van der Waals surface area (Å²) in [6, 6.07) is 21.1. The molecule has 8 nitrogen and oxygen atoms in total. The molecule has 0 saturated carbocycles. The molecule has 3 aromatic carbocycles. The molecule has 0 atom stereocenters. The van der Waals surface area contributed by atoms with Gasteiger partial charge in [-0.2, -0.15) is 0 Å². The van der Waals surface area contributed by atoms with Gasteiger partial charge in [0.25, 0.3) is 15.9 Å². The van der Waals surface area contributed by atoms with Gasteiger partial charge in [-0.3, -0.25) is 9.52 Å². The molecule has 0 bridgehead atoms. The average molecular weight is 496 g/mol. The van der Waals surface area contributed by atoms with Crippen LogP contribution in [0.4, 0.5) is 11.4 Å². The minimum Gasteiger partial charge on any atom is -0.497 e. The van der Waals surface area contributed by atoms with Crippen LogP contribution >= 0.6 is 0 Å². The molecule has 1 N–H and O–H groups in total. The van der Waals surface area contributed by atoms with Crippen LogP contribution in [0.2, 0.25) is 0 Å². The van der Waals surface area contributed by atoms with Crippen molar-refractivity contribution in [3.63, 3.8) is 0 Å². The summed E-state index contributed by atoms with van der Waals surface area (Å²) in [7, 11) is -2.08. The third-order valence-electron chi connectivity index (χ3n) is 5.84. The maximum Gasteiger partial charge on any atom is 0.261 e. The molecule has 1 aliphatic heterocycles. The second kappa shape index (κ2) is 10.7. The Kier molecular flexibility index (Phi) is 7.45. The van der Waals surface area contributed by atoms with E-state index in [0.717, 1.165) is 30.1 Å². The minimum atomic E-state index is -3.72. The predicted octanol–water partition coefficient (Wildman–Crippen LogP) is 3.53. The van der Waals surface area contributed by atoms with Crippen LogP contribution in [0.1, 0.15) is 5.56 Å². The van der Waals surface area contributed by atoms with Gasteiger partial charge in [-0.25, -0.2) is 8.42 Å². The number of piperazine rings is 1. The van der Waals surface area contributed by atoms with Crippen LogP contribution in [0, 0.1) is 6.92 Å². The number of aryl methyl sites for hydroxylation is 1. The van der Waals surface area contributed by atoms with E-state index >= 15 is 0 Å². The van der Waals surface area contributed by atoms with Gasteiger partial charge in [-0.15, -0.1) is 0 Å². The molecule has 0 spiro atoms. The normalized spacial score (nSPS) is 13.9. The van der Waals surface area contributed by atoms with Gasteiger partial charge in [0.05, 0.1) is 12.0 Å². The summed E-state index contributed by atoms with van der Waals surface area (Å²) in [5, 5.41) is 0. The van der Waals surface area contributed by atoms with Crippen molar-refractivity contribution in [3.05, 3.63) is 78.4 Å². The Morgan fingerprint density at radius 1 is 0.914 bits per heavy atom. The summed E-state index contributed by atoms with van der Waals surface area (Å²) in [6.07, 6.45) is 0. The lowest BCUT2D eigenvalue weighted by Gasteiger charge is -2.36. The molecule has 0 radical (unpaired) electrons. The molecule has 0 aromatic heterocycles. The van der Waals surface area contributed by atoms with Gasteiger partial charge in [0, 0.05) is 37.6 Å². The first-order valence-electron chi connectivity index (χ1n) is 11.3. The Hall–Kier alpha value is -3.72. The summed E-state index contributed by atoms with van der Waals surface area (Å²) >= 11 is 0. The number of nitrogens with zero attached hydrogens (tertiary/aromatic N) is 2. The van der Waals surface area contributed by atoms with E-state index in [1.807, 2.05) is 37.3 Å². The number of nitrogens with one attached hydrogen (secondary N) is 1. The molecule has 184 valence electrons. The van der Waals surface area contributed by atoms with E-state index < -0.39 is 10.0 Å². The van der Waals surface area contributed by atoms with Crippen molar-refractivity contribution in [3.8, 4) is 11.5 Å². The summed E-state index contributed by atoms with van der Waals surface area (Å²) in [4.78, 5) is 16.7. The lowest BCUT2D eigenvalue weighted by molar-refractivity contribution is -0.133. The number of carbonyl (C=O) groups is 1. The highest BCUT2D eigenvalue weighted by atomic mass is 32.2. The lowest BCUT2D eigenvalue weighted by atomic mass is 10.2. The molecule has 35 heavy (non-hydrogen) atoms. The molecule has 3 aromatic rings. The molecule has 0 unspecified atom stereocenters. The van der Waals surface area contributed by atoms with Crippen LogP contribution in [-0.2, 0) is 14.8 Å². The topological polar surface area (TPSA) is 88.2 Å². The molecule has 1 heterocycles. The quantitative estimate of drug-likeness (QED) is 0.514. The molecule has 0 aliphatic carbocycles. The van der Waals surface area contributed by atoms with E-state index in [1.54, 1.807) is 42.3 Å². The number of hydrogen-bond donors (Lipinski definition) is 1. The van der Waals surface area contributed by atoms with Gasteiger partial charge in [-0.1, -0.05) is 12.1 Å². The Balaban J connectivity index is 1.27. The Morgan fingerprint density at radius 3 is 2.20 bits per heavy atom. The highest BCUT2D eigenvalue weighted by Gasteiger charge is 2.22. The minimum absolute atomic E-state index is 0.0998. The van der Waals surface area contributed by atoms with Crippen molar-refractivity contribution in [2.45, 2.75) is 11.8 Å². The number of benzene rings is 3. The first-order chi connectivity index (χ1) is 16.8. The average Bonchev–Trinajstić information content (AvgIpc) is 2.87. The van der Waals surface area contributed by atoms with Crippen molar-refractivity contribution < 1.29 is 22.7 Å². The van der Waals surface area contributed by atoms with E-state index in [4.69, 9.17) is 9.47 Å². The first-order valence-corrected chi connectivity index (χ1v) is 12.8. The molecular formula is C26H29N3O5S. The molecular weight excluding hydrogens is 466 g/mol. The number of ether oxygens (including phenoxy) is 2. The summed E-state index contributed by atoms with van der Waals surface area (Å²) in [5.41, 5.74) is 2.56. The maximum absolute atomic E-state index is 12.6. The van der Waals surface area contributed by atoms with Crippen molar-refractivity contribution >= 4 is 27.3 Å². The number of carbonyl (C=O) groups excluding carboxylic acids is 1. The zero-order valence-corrected chi connectivity index (χ0v) is 20.6. The maximum atomic E-state index is 12.6. The second-order valence-electron chi connectivity index (χ2n) is 8.30. The van der Waals surface area contributed by atoms with Crippen LogP contribution in [-0.4, -0.2) is 59.1 Å². The van der Waals surface area contributed by atoms with E-state index in [2.05, 4.69) is 9.62 Å². The number of amides is 1. The van der Waals surface area contributed by atoms with E-state index in [0.29, 0.717) is 24.5 Å². The molecule has 1 fully saturated rings. The van der Waals surface area contributed by atoms with Crippen molar-refractivity contribution in [2.24, 2.45) is 0 Å². The van der Waals surface area contributed by atoms with E-state index in [1.165, 1.54) is 12.1 Å². The highest BCUT2D eigenvalue weighted by molar-refractivity contribution is 7.92. The SMILES string of the molecule is COc1ccc(N2CCN(C(=O)COc3ccc(S(=O)(=O)Nc4cccc(C)c4)cc3)CC2)cc1. The summed E-state index contributed by atoms with van der Waals surface area (Å²) < 4.78 is 38.7. The third kappa shape index (κ3) is 6.24. The van der Waals surface area contributed by atoms with Gasteiger partial charge in [0.15, 0.2) is 6.61 Å². The molecule has 9 heteroatoms. The van der Waals surface area contributed by atoms with Crippen LogP contribution in [0.25, 0.3) is 0 Å². The fourth-order valence-electron chi connectivity index (χ4n) is 3.88. The summed E-state index contributed by atoms with van der Waals surface area (Å²) in [5.74, 6) is 1.15. The largest absolute Gasteiger partial charge is 0.497 e. The molecule has 1 amide bonds. The number of hydrogen-bond acceptors (Lipinski definition) is 6. The van der Waals surface area contributed by atoms with Gasteiger partial charge in [0.1, 0.15) is 11.5 Å². The number of anilines is 2. The van der Waals surface area contributed by atoms with Crippen LogP contribution in [0.3, 0.4) is 0 Å². The second-order valence-corrected chi connectivity index (χ2v) is 9.98. The van der Waals surface area contributed by atoms with E-state index in [9.17, 15) is 13.2 Å². The van der Waals surface area contributed by atoms with Crippen molar-refractivity contribution in [1.82, 2.24) is 4.90 Å². The van der Waals surface area contributed by atoms with Crippen LogP contribution in [0.5, 0.6) is 11.5 Å². The molecule has 1 aliphatic rings. The zero-order chi connectivity index (χ0) is 24.8. The van der Waals surface area contributed by atoms with Gasteiger partial charge >= 0.3 is 0 Å². The van der Waals surface area contributed by atoms with Crippen LogP contribution in [0.15, 0.2) is 77.7 Å². The zero-order valence-electron chi connectivity index (χ0n) is 19.8. The van der Waals surface area contributed by atoms with Gasteiger partial charge < -0.3 is 19.3 Å². The summed E-state index contributed by atoms with van der Waals surface area (Å²) in [6.45, 7) is 4.48. The van der Waals surface area contributed by atoms with Crippen LogP contribution < -0.4 is 19.1 Å². The Morgan fingerprint density at radius 2 is 1.57 bits per heavy atom. The Bertz CT molecular complexity index is 1250. The van der Waals surface area contributed by atoms with Gasteiger partial charge in [-0.05, 0) is 73.2 Å². The number of rotatable bonds is 8. The number of methoxy groups -OCH3 is 1. The monoisotopic (exact) mass is 495 g/mol. The van der Waals surface area contributed by atoms with Crippen molar-refractivity contribution in [1.29, 1.82) is 0 Å².